The SMILES string of the molecule is N#Cc1ccc(-c2nc3cc(C#N)c4c5ccccc5nc(-c5ccc(-c6c(F)c(F)c(C#N)c(F)c6F)cc5)c4c3nc2-c2ccc(C#N)cc2)cc1. The quantitative estimate of drug-likeness (QED) is 0.101. The van der Waals surface area contributed by atoms with E-state index in [-0.39, 0.29) is 11.1 Å². The van der Waals surface area contributed by atoms with Gasteiger partial charge in [-0.1, -0.05) is 66.7 Å². The minimum absolute atomic E-state index is 0.196. The molecule has 8 aromatic rings. The zero-order chi connectivity index (χ0) is 37.7. The van der Waals surface area contributed by atoms with Crippen molar-refractivity contribution in [3.63, 3.8) is 0 Å². The maximum Gasteiger partial charge on any atom is 0.180 e. The van der Waals surface area contributed by atoms with Crippen molar-refractivity contribution < 1.29 is 17.6 Å². The molecule has 0 saturated carbocycles. The molecule has 8 rings (SSSR count). The molecule has 0 amide bonds. The Kier molecular flexibility index (Phi) is 7.96. The molecule has 252 valence electrons. The van der Waals surface area contributed by atoms with Gasteiger partial charge < -0.3 is 0 Å². The fourth-order valence-electron chi connectivity index (χ4n) is 6.55. The van der Waals surface area contributed by atoms with Crippen LogP contribution in [0.25, 0.3) is 77.6 Å². The second-order valence-electron chi connectivity index (χ2n) is 12.1. The van der Waals surface area contributed by atoms with Crippen molar-refractivity contribution in [1.82, 2.24) is 15.0 Å². The van der Waals surface area contributed by atoms with Gasteiger partial charge in [-0.25, -0.2) is 32.5 Å². The van der Waals surface area contributed by atoms with Crippen LogP contribution in [0.3, 0.4) is 0 Å². The number of halogens is 4. The van der Waals surface area contributed by atoms with Crippen molar-refractivity contribution in [2.45, 2.75) is 0 Å². The second kappa shape index (κ2) is 13.0. The maximum absolute atomic E-state index is 15.0. The number of hydrogen-bond donors (Lipinski definition) is 0. The molecule has 0 spiro atoms. The van der Waals surface area contributed by atoms with Crippen LogP contribution in [0.5, 0.6) is 0 Å². The average molecular weight is 708 g/mol. The molecule has 0 aliphatic rings. The minimum atomic E-state index is -1.80. The van der Waals surface area contributed by atoms with E-state index in [2.05, 4.69) is 18.2 Å². The first-order valence-electron chi connectivity index (χ1n) is 16.1. The molecule has 2 aromatic heterocycles. The maximum atomic E-state index is 15.0. The van der Waals surface area contributed by atoms with E-state index in [0.717, 1.165) is 6.07 Å². The van der Waals surface area contributed by atoms with Gasteiger partial charge in [0.25, 0.3) is 0 Å². The van der Waals surface area contributed by atoms with Crippen LogP contribution in [-0.4, -0.2) is 15.0 Å². The molecular formula is C43H17F4N7. The van der Waals surface area contributed by atoms with Gasteiger partial charge in [-0.3, -0.25) is 0 Å². The molecule has 0 radical (unpaired) electrons. The number of pyridine rings is 1. The summed E-state index contributed by atoms with van der Waals surface area (Å²) in [4.78, 5) is 15.2. The lowest BCUT2D eigenvalue weighted by molar-refractivity contribution is 0.454. The van der Waals surface area contributed by atoms with Crippen LogP contribution in [0, 0.1) is 68.6 Å². The summed E-state index contributed by atoms with van der Waals surface area (Å²) in [6, 6.07) is 35.6. The number of aromatic nitrogens is 3. The van der Waals surface area contributed by atoms with Gasteiger partial charge in [0.15, 0.2) is 23.3 Å². The van der Waals surface area contributed by atoms with E-state index in [1.807, 2.05) is 12.1 Å². The predicted octanol–water partition coefficient (Wildman–Crippen LogP) is 10.0. The number of nitriles is 4. The van der Waals surface area contributed by atoms with E-state index in [4.69, 9.17) is 20.2 Å². The third-order valence-electron chi connectivity index (χ3n) is 9.12. The molecule has 11 heteroatoms. The Bertz CT molecular complexity index is 3030. The Morgan fingerprint density at radius 2 is 0.944 bits per heavy atom. The fraction of sp³-hybridized carbons (Fsp3) is 0. The van der Waals surface area contributed by atoms with Gasteiger partial charge >= 0.3 is 0 Å². The molecule has 2 heterocycles. The summed E-state index contributed by atoms with van der Waals surface area (Å²) >= 11 is 0. The lowest BCUT2D eigenvalue weighted by atomic mass is 9.93. The summed E-state index contributed by atoms with van der Waals surface area (Å²) in [5, 5.41) is 40.0. The molecule has 0 fully saturated rings. The lowest BCUT2D eigenvalue weighted by Crippen LogP contribution is -2.04. The molecule has 6 aromatic carbocycles. The monoisotopic (exact) mass is 707 g/mol. The molecule has 0 aliphatic carbocycles. The minimum Gasteiger partial charge on any atom is -0.247 e. The molecule has 0 bridgehead atoms. The van der Waals surface area contributed by atoms with E-state index in [1.54, 1.807) is 66.7 Å². The molecule has 0 saturated heterocycles. The van der Waals surface area contributed by atoms with E-state index in [9.17, 15) is 24.6 Å². The molecule has 7 nitrogen and oxygen atoms in total. The number of benzene rings is 6. The lowest BCUT2D eigenvalue weighted by Gasteiger charge is -2.16. The van der Waals surface area contributed by atoms with Gasteiger partial charge in [0.1, 0.15) is 11.6 Å². The highest BCUT2D eigenvalue weighted by Crippen LogP contribution is 2.41. The summed E-state index contributed by atoms with van der Waals surface area (Å²) < 4.78 is 59.2. The first-order valence-corrected chi connectivity index (χ1v) is 16.1. The van der Waals surface area contributed by atoms with E-state index in [1.165, 1.54) is 24.3 Å². The van der Waals surface area contributed by atoms with Gasteiger partial charge in [-0.15, -0.1) is 0 Å². The highest BCUT2D eigenvalue weighted by atomic mass is 19.2. The molecule has 0 aliphatic heterocycles. The third kappa shape index (κ3) is 5.21. The van der Waals surface area contributed by atoms with Gasteiger partial charge in [0.2, 0.25) is 0 Å². The van der Waals surface area contributed by atoms with Crippen molar-refractivity contribution >= 4 is 32.7 Å². The van der Waals surface area contributed by atoms with E-state index < -0.39 is 34.4 Å². The van der Waals surface area contributed by atoms with Crippen LogP contribution in [0.4, 0.5) is 17.6 Å². The Hall–Kier alpha value is -7.99. The van der Waals surface area contributed by atoms with Gasteiger partial charge in [-0.2, -0.15) is 21.0 Å². The molecule has 54 heavy (non-hydrogen) atoms. The first-order chi connectivity index (χ1) is 26.3. The Labute approximate surface area is 303 Å². The average Bonchev–Trinajstić information content (AvgIpc) is 3.22. The standard InChI is InChI=1S/C43H17F4N7/c44-36-30(21-51)37(45)39(47)34(38(36)46)24-13-15-25(16-14-24)40-35-33(29-3-1-2-4-31(29)52-40)28(20-50)17-32-43(35)54-42(27-11-7-23(19-49)8-12-27)41(53-32)26-9-5-22(18-48)6-10-26/h1-17H. The van der Waals surface area contributed by atoms with E-state index >= 15 is 8.78 Å². The normalized spacial score (nSPS) is 10.9. The molecular weight excluding hydrogens is 691 g/mol. The largest absolute Gasteiger partial charge is 0.247 e. The molecule has 0 unspecified atom stereocenters. The van der Waals surface area contributed by atoms with Crippen LogP contribution in [0.15, 0.2) is 103 Å². The second-order valence-corrected chi connectivity index (χ2v) is 12.1. The van der Waals surface area contributed by atoms with Crippen molar-refractivity contribution in [3.05, 3.63) is 149 Å². The zero-order valence-corrected chi connectivity index (χ0v) is 27.5. The first kappa shape index (κ1) is 33.2. The van der Waals surface area contributed by atoms with Crippen molar-refractivity contribution in [3.8, 4) is 69.2 Å². The topological polar surface area (TPSA) is 134 Å². The Morgan fingerprint density at radius 1 is 0.444 bits per heavy atom. The van der Waals surface area contributed by atoms with Gasteiger partial charge in [-0.05, 0) is 42.0 Å². The third-order valence-corrected chi connectivity index (χ3v) is 9.12. The van der Waals surface area contributed by atoms with Crippen LogP contribution in [0.2, 0.25) is 0 Å². The summed E-state index contributed by atoms with van der Waals surface area (Å²) in [6.07, 6.45) is 0. The summed E-state index contributed by atoms with van der Waals surface area (Å²) in [5.41, 5.74) is 2.77. The van der Waals surface area contributed by atoms with Crippen molar-refractivity contribution in [1.29, 1.82) is 21.0 Å². The predicted molar refractivity (Wildman–Crippen MR) is 193 cm³/mol. The molecule has 0 atom stereocenters. The number of para-hydroxylation sites is 1. The highest BCUT2D eigenvalue weighted by Gasteiger charge is 2.27. The van der Waals surface area contributed by atoms with Gasteiger partial charge in [0, 0.05) is 32.8 Å². The Balaban J connectivity index is 1.45. The van der Waals surface area contributed by atoms with Crippen LogP contribution >= 0.6 is 0 Å². The summed E-state index contributed by atoms with van der Waals surface area (Å²) in [7, 11) is 0. The van der Waals surface area contributed by atoms with E-state index in [0.29, 0.717) is 77.6 Å². The Morgan fingerprint density at radius 3 is 1.50 bits per heavy atom. The zero-order valence-electron chi connectivity index (χ0n) is 27.5. The van der Waals surface area contributed by atoms with Crippen molar-refractivity contribution in [2.24, 2.45) is 0 Å². The van der Waals surface area contributed by atoms with Crippen LogP contribution in [-0.2, 0) is 0 Å². The smallest absolute Gasteiger partial charge is 0.180 e. The van der Waals surface area contributed by atoms with Crippen LogP contribution in [0.1, 0.15) is 22.3 Å². The highest BCUT2D eigenvalue weighted by molar-refractivity contribution is 6.22. The fourth-order valence-corrected chi connectivity index (χ4v) is 6.55. The van der Waals surface area contributed by atoms with Crippen LogP contribution < -0.4 is 0 Å². The van der Waals surface area contributed by atoms with Gasteiger partial charge in [0.05, 0.1) is 74.1 Å². The summed E-state index contributed by atoms with van der Waals surface area (Å²) in [6.45, 7) is 0. The van der Waals surface area contributed by atoms with Crippen molar-refractivity contribution in [2.75, 3.05) is 0 Å². The number of fused-ring (bicyclic) bond motifs is 5. The molecule has 0 N–H and O–H groups in total. The number of nitrogens with zero attached hydrogens (tertiary/aromatic N) is 7. The summed E-state index contributed by atoms with van der Waals surface area (Å²) in [5.74, 6) is -7.02. The number of hydrogen-bond acceptors (Lipinski definition) is 7. The number of rotatable bonds is 4.